The van der Waals surface area contributed by atoms with Crippen molar-refractivity contribution in [2.45, 2.75) is 38.4 Å². The molecule has 0 bridgehead atoms. The average molecular weight is 367 g/mol. The Morgan fingerprint density at radius 2 is 2.32 bits per heavy atom. The second kappa shape index (κ2) is 8.10. The molecule has 1 aromatic heterocycles. The van der Waals surface area contributed by atoms with E-state index in [1.165, 1.54) is 0 Å². The fourth-order valence-electron chi connectivity index (χ4n) is 2.03. The maximum atomic E-state index is 12.1. The van der Waals surface area contributed by atoms with Crippen LogP contribution in [0.4, 0.5) is 0 Å². The Labute approximate surface area is 142 Å². The van der Waals surface area contributed by atoms with E-state index in [1.54, 1.807) is 6.92 Å². The van der Waals surface area contributed by atoms with Gasteiger partial charge in [0.15, 0.2) is 11.8 Å². The van der Waals surface area contributed by atoms with Gasteiger partial charge in [0.1, 0.15) is 9.36 Å². The van der Waals surface area contributed by atoms with Gasteiger partial charge in [-0.25, -0.2) is 4.79 Å². The van der Waals surface area contributed by atoms with E-state index >= 15 is 0 Å². The molecule has 1 fully saturated rings. The van der Waals surface area contributed by atoms with E-state index in [-0.39, 0.29) is 27.1 Å². The highest BCUT2D eigenvalue weighted by molar-refractivity contribution is 7.11. The van der Waals surface area contributed by atoms with Gasteiger partial charge in [-0.1, -0.05) is 30.1 Å². The van der Waals surface area contributed by atoms with Crippen LogP contribution in [-0.4, -0.2) is 41.6 Å². The molecule has 1 saturated heterocycles. The van der Waals surface area contributed by atoms with Crippen LogP contribution in [0.2, 0.25) is 9.36 Å². The van der Waals surface area contributed by atoms with Gasteiger partial charge in [-0.2, -0.15) is 4.37 Å². The van der Waals surface area contributed by atoms with Crippen LogP contribution >= 0.6 is 34.7 Å². The fourth-order valence-corrected chi connectivity index (χ4v) is 3.01. The van der Waals surface area contributed by atoms with Crippen LogP contribution in [-0.2, 0) is 14.3 Å². The van der Waals surface area contributed by atoms with Gasteiger partial charge in [0.25, 0.3) is 5.91 Å². The first kappa shape index (κ1) is 17.5. The molecule has 22 heavy (non-hydrogen) atoms. The quantitative estimate of drug-likeness (QED) is 0.783. The van der Waals surface area contributed by atoms with E-state index in [2.05, 4.69) is 9.69 Å². The summed E-state index contributed by atoms with van der Waals surface area (Å²) in [6, 6.07) is 0. The van der Waals surface area contributed by atoms with Gasteiger partial charge >= 0.3 is 5.97 Å². The van der Waals surface area contributed by atoms with E-state index in [4.69, 9.17) is 32.7 Å². The van der Waals surface area contributed by atoms with Crippen molar-refractivity contribution in [2.24, 2.45) is 0 Å². The number of nitrogens with one attached hydrogen (secondary N) is 1. The number of amides is 1. The number of nitrogens with zero attached hydrogens (tertiary/aromatic N) is 1. The zero-order valence-electron chi connectivity index (χ0n) is 11.9. The number of hydrogen-bond acceptors (Lipinski definition) is 6. The standard InChI is InChI=1S/C13H16Cl2N2O4S/c1-2-8(12(18)16-6-7-4-3-5-20-7)21-13(19)10-9(14)11(15)22-17-10/h7-8H,2-6H2,1H3,(H,16,18)/t7-,8+/m1/s1. The normalized spacial score (nSPS) is 19.0. The summed E-state index contributed by atoms with van der Waals surface area (Å²) in [5.74, 6) is -1.11. The number of hydrogen-bond donors (Lipinski definition) is 1. The maximum absolute atomic E-state index is 12.1. The minimum atomic E-state index is -0.898. The summed E-state index contributed by atoms with van der Waals surface area (Å²) in [5, 5.41) is 2.78. The third kappa shape index (κ3) is 4.32. The summed E-state index contributed by atoms with van der Waals surface area (Å²) in [6.07, 6.45) is 1.40. The molecule has 0 saturated carbocycles. The number of halogens is 2. The summed E-state index contributed by atoms with van der Waals surface area (Å²) in [6.45, 7) is 2.88. The first-order chi connectivity index (χ1) is 10.5. The van der Waals surface area contributed by atoms with Crippen molar-refractivity contribution in [1.29, 1.82) is 0 Å². The lowest BCUT2D eigenvalue weighted by molar-refractivity contribution is -0.130. The molecule has 0 aliphatic carbocycles. The third-order valence-corrected chi connectivity index (χ3v) is 4.84. The Hall–Kier alpha value is -0.890. The second-order valence-corrected chi connectivity index (χ2v) is 6.55. The molecule has 0 radical (unpaired) electrons. The van der Waals surface area contributed by atoms with Gasteiger partial charge in [-0.15, -0.1) is 0 Å². The molecule has 1 aromatic rings. The molecule has 0 spiro atoms. The molecule has 2 atom stereocenters. The second-order valence-electron chi connectivity index (χ2n) is 4.80. The zero-order chi connectivity index (χ0) is 16.1. The SMILES string of the molecule is CC[C@H](OC(=O)c1nsc(Cl)c1Cl)C(=O)NC[C@H]1CCCO1. The number of esters is 1. The highest BCUT2D eigenvalue weighted by Gasteiger charge is 2.26. The van der Waals surface area contributed by atoms with Crippen LogP contribution in [0.3, 0.4) is 0 Å². The lowest BCUT2D eigenvalue weighted by Crippen LogP contribution is -2.40. The van der Waals surface area contributed by atoms with Crippen molar-refractivity contribution in [1.82, 2.24) is 9.69 Å². The molecule has 1 amide bonds. The van der Waals surface area contributed by atoms with Crippen molar-refractivity contribution in [3.63, 3.8) is 0 Å². The first-order valence-electron chi connectivity index (χ1n) is 6.93. The van der Waals surface area contributed by atoms with E-state index in [9.17, 15) is 9.59 Å². The van der Waals surface area contributed by atoms with Crippen LogP contribution in [0.25, 0.3) is 0 Å². The minimum absolute atomic E-state index is 0.0314. The molecule has 6 nitrogen and oxygen atoms in total. The smallest absolute Gasteiger partial charge is 0.360 e. The number of carbonyl (C=O) groups is 2. The fraction of sp³-hybridized carbons (Fsp3) is 0.615. The number of aromatic nitrogens is 1. The lowest BCUT2D eigenvalue weighted by atomic mass is 10.2. The largest absolute Gasteiger partial charge is 0.447 e. The zero-order valence-corrected chi connectivity index (χ0v) is 14.3. The monoisotopic (exact) mass is 366 g/mol. The van der Waals surface area contributed by atoms with Crippen LogP contribution < -0.4 is 5.32 Å². The van der Waals surface area contributed by atoms with Gasteiger partial charge in [0.2, 0.25) is 0 Å². The van der Waals surface area contributed by atoms with Gasteiger partial charge in [-0.3, -0.25) is 4.79 Å². The van der Waals surface area contributed by atoms with E-state index in [0.717, 1.165) is 31.0 Å². The summed E-state index contributed by atoms with van der Waals surface area (Å²) in [7, 11) is 0. The van der Waals surface area contributed by atoms with E-state index in [0.29, 0.717) is 13.0 Å². The predicted molar refractivity (Wildman–Crippen MR) is 83.6 cm³/mol. The Morgan fingerprint density at radius 3 is 2.86 bits per heavy atom. The van der Waals surface area contributed by atoms with Crippen LogP contribution in [0.5, 0.6) is 0 Å². The molecule has 1 aliphatic heterocycles. The molecular formula is C13H16Cl2N2O4S. The highest BCUT2D eigenvalue weighted by atomic mass is 35.5. The van der Waals surface area contributed by atoms with Crippen molar-refractivity contribution in [2.75, 3.05) is 13.2 Å². The highest BCUT2D eigenvalue weighted by Crippen LogP contribution is 2.30. The lowest BCUT2D eigenvalue weighted by Gasteiger charge is -2.17. The third-order valence-electron chi connectivity index (χ3n) is 3.23. The predicted octanol–water partition coefficient (Wildman–Crippen LogP) is 2.68. The number of carbonyl (C=O) groups excluding carboxylic acids is 2. The molecule has 1 N–H and O–H groups in total. The summed E-state index contributed by atoms with van der Waals surface area (Å²) in [5.41, 5.74) is -0.0676. The Kier molecular flexibility index (Phi) is 6.43. The summed E-state index contributed by atoms with van der Waals surface area (Å²) in [4.78, 5) is 24.1. The van der Waals surface area contributed by atoms with Crippen molar-refractivity contribution >= 4 is 46.6 Å². The van der Waals surface area contributed by atoms with Gasteiger partial charge < -0.3 is 14.8 Å². The van der Waals surface area contributed by atoms with Crippen LogP contribution in [0.15, 0.2) is 0 Å². The van der Waals surface area contributed by atoms with Crippen molar-refractivity contribution in [3.05, 3.63) is 15.1 Å². The van der Waals surface area contributed by atoms with Crippen LogP contribution in [0.1, 0.15) is 36.7 Å². The minimum Gasteiger partial charge on any atom is -0.447 e. The Bertz CT molecular complexity index is 546. The molecular weight excluding hydrogens is 351 g/mol. The number of rotatable bonds is 6. The van der Waals surface area contributed by atoms with Crippen molar-refractivity contribution in [3.8, 4) is 0 Å². The van der Waals surface area contributed by atoms with Gasteiger partial charge in [-0.05, 0) is 30.8 Å². The molecule has 122 valence electrons. The van der Waals surface area contributed by atoms with E-state index < -0.39 is 12.1 Å². The topological polar surface area (TPSA) is 77.5 Å². The average Bonchev–Trinajstić information content (AvgIpc) is 3.13. The molecule has 1 aliphatic rings. The van der Waals surface area contributed by atoms with Crippen LogP contribution in [0, 0.1) is 0 Å². The Morgan fingerprint density at radius 1 is 1.55 bits per heavy atom. The molecule has 9 heteroatoms. The molecule has 0 unspecified atom stereocenters. The molecule has 0 aromatic carbocycles. The molecule has 2 rings (SSSR count). The Balaban J connectivity index is 1.88. The summed E-state index contributed by atoms with van der Waals surface area (Å²) < 4.78 is 14.6. The van der Waals surface area contributed by atoms with Crippen molar-refractivity contribution < 1.29 is 19.1 Å². The molecule has 2 heterocycles. The number of ether oxygens (including phenoxy) is 2. The van der Waals surface area contributed by atoms with Gasteiger partial charge in [0.05, 0.1) is 6.10 Å². The first-order valence-corrected chi connectivity index (χ1v) is 8.46. The van der Waals surface area contributed by atoms with E-state index in [1.807, 2.05) is 0 Å². The van der Waals surface area contributed by atoms with Gasteiger partial charge in [0, 0.05) is 13.2 Å². The maximum Gasteiger partial charge on any atom is 0.360 e. The summed E-state index contributed by atoms with van der Waals surface area (Å²) >= 11 is 12.5.